The first kappa shape index (κ1) is 22.2. The molecule has 0 N–H and O–H groups in total. The van der Waals surface area contributed by atoms with Gasteiger partial charge in [0.25, 0.3) is 11.8 Å². The van der Waals surface area contributed by atoms with E-state index in [1.54, 1.807) is 0 Å². The standard InChI is InChI=1S/C31H27N3O2/c1-2-3-19-33-30(35)24-16-10-15-23-27(18-17-25(29(23)24)31(33)36)34-28(22-13-8-5-9-14-22)20-26(32-34)21-11-6-4-7-12-21/h4-18,28H,2-3,19-20H2,1H3. The SMILES string of the molecule is CCCCN1C(=O)c2cccc3c(N4N=C(c5ccccc5)CC4c4ccccc4)ccc(c23)C1=O. The number of anilines is 1. The molecule has 0 fully saturated rings. The number of nitrogens with zero attached hydrogens (tertiary/aromatic N) is 3. The monoisotopic (exact) mass is 473 g/mol. The Hall–Kier alpha value is -4.25. The van der Waals surface area contributed by atoms with Gasteiger partial charge in [-0.05, 0) is 35.7 Å². The highest BCUT2D eigenvalue weighted by Gasteiger charge is 2.35. The summed E-state index contributed by atoms with van der Waals surface area (Å²) in [6, 6.07) is 30.2. The number of imide groups is 1. The van der Waals surface area contributed by atoms with Crippen molar-refractivity contribution in [2.75, 3.05) is 11.6 Å². The molecule has 2 aliphatic rings. The second-order valence-corrected chi connectivity index (χ2v) is 9.36. The molecule has 1 unspecified atom stereocenters. The lowest BCUT2D eigenvalue weighted by Crippen LogP contribution is -2.40. The van der Waals surface area contributed by atoms with E-state index in [1.165, 1.54) is 10.5 Å². The number of hydrogen-bond donors (Lipinski definition) is 0. The zero-order chi connectivity index (χ0) is 24.6. The van der Waals surface area contributed by atoms with Gasteiger partial charge in [0.1, 0.15) is 0 Å². The van der Waals surface area contributed by atoms with E-state index >= 15 is 0 Å². The molecular formula is C31H27N3O2. The number of hydrogen-bond acceptors (Lipinski definition) is 4. The van der Waals surface area contributed by atoms with Crippen LogP contribution in [-0.4, -0.2) is 29.0 Å². The highest BCUT2D eigenvalue weighted by Crippen LogP contribution is 2.42. The van der Waals surface area contributed by atoms with Gasteiger partial charge < -0.3 is 0 Å². The number of unbranched alkanes of at least 4 members (excludes halogenated alkanes) is 1. The number of hydrazone groups is 1. The summed E-state index contributed by atoms with van der Waals surface area (Å²) in [6.07, 6.45) is 2.48. The highest BCUT2D eigenvalue weighted by atomic mass is 16.2. The molecule has 178 valence electrons. The molecule has 5 nitrogen and oxygen atoms in total. The second kappa shape index (κ2) is 9.08. The van der Waals surface area contributed by atoms with Gasteiger partial charge in [0.15, 0.2) is 0 Å². The summed E-state index contributed by atoms with van der Waals surface area (Å²) < 4.78 is 0. The smallest absolute Gasteiger partial charge is 0.261 e. The lowest BCUT2D eigenvalue weighted by Gasteiger charge is -2.30. The maximum Gasteiger partial charge on any atom is 0.261 e. The summed E-state index contributed by atoms with van der Waals surface area (Å²) in [6.45, 7) is 2.50. The topological polar surface area (TPSA) is 53.0 Å². The van der Waals surface area contributed by atoms with Crippen LogP contribution in [0.3, 0.4) is 0 Å². The summed E-state index contributed by atoms with van der Waals surface area (Å²) in [5, 5.41) is 8.78. The minimum atomic E-state index is -0.210. The minimum Gasteiger partial charge on any atom is -0.274 e. The molecule has 0 saturated heterocycles. The van der Waals surface area contributed by atoms with Crippen LogP contribution in [0.25, 0.3) is 10.8 Å². The second-order valence-electron chi connectivity index (χ2n) is 9.36. The van der Waals surface area contributed by atoms with Crippen LogP contribution >= 0.6 is 0 Å². The number of amides is 2. The zero-order valence-electron chi connectivity index (χ0n) is 20.2. The van der Waals surface area contributed by atoms with Gasteiger partial charge in [0.2, 0.25) is 0 Å². The van der Waals surface area contributed by atoms with Crippen LogP contribution in [0.5, 0.6) is 0 Å². The van der Waals surface area contributed by atoms with E-state index in [0.717, 1.165) is 47.0 Å². The summed E-state index contributed by atoms with van der Waals surface area (Å²) in [4.78, 5) is 28.1. The predicted octanol–water partition coefficient (Wildman–Crippen LogP) is 6.59. The van der Waals surface area contributed by atoms with Crippen molar-refractivity contribution in [1.29, 1.82) is 0 Å². The van der Waals surface area contributed by atoms with E-state index in [2.05, 4.69) is 36.2 Å². The van der Waals surface area contributed by atoms with Crippen LogP contribution in [0.4, 0.5) is 5.69 Å². The number of carbonyl (C=O) groups excluding carboxylic acids is 2. The third kappa shape index (κ3) is 3.59. The fourth-order valence-corrected chi connectivity index (χ4v) is 5.32. The van der Waals surface area contributed by atoms with Gasteiger partial charge in [-0.2, -0.15) is 5.10 Å². The van der Waals surface area contributed by atoms with Crippen molar-refractivity contribution in [3.63, 3.8) is 0 Å². The van der Waals surface area contributed by atoms with Gasteiger partial charge in [-0.3, -0.25) is 19.5 Å². The maximum atomic E-state index is 13.3. The summed E-state index contributed by atoms with van der Waals surface area (Å²) in [5.41, 5.74) is 5.36. The van der Waals surface area contributed by atoms with Crippen LogP contribution in [0.1, 0.15) is 64.1 Å². The molecule has 6 rings (SSSR count). The van der Waals surface area contributed by atoms with Crippen molar-refractivity contribution in [1.82, 2.24) is 4.90 Å². The zero-order valence-corrected chi connectivity index (χ0v) is 20.2. The Balaban J connectivity index is 1.51. The predicted molar refractivity (Wildman–Crippen MR) is 143 cm³/mol. The van der Waals surface area contributed by atoms with E-state index in [4.69, 9.17) is 5.10 Å². The van der Waals surface area contributed by atoms with Crippen molar-refractivity contribution in [3.05, 3.63) is 113 Å². The molecule has 0 aliphatic carbocycles. The molecule has 0 saturated carbocycles. The van der Waals surface area contributed by atoms with Crippen molar-refractivity contribution < 1.29 is 9.59 Å². The Kier molecular flexibility index (Phi) is 5.61. The molecule has 4 aromatic rings. The van der Waals surface area contributed by atoms with Gasteiger partial charge in [-0.1, -0.05) is 86.1 Å². The van der Waals surface area contributed by atoms with Crippen molar-refractivity contribution >= 4 is 34.0 Å². The van der Waals surface area contributed by atoms with Gasteiger partial charge in [0, 0.05) is 34.9 Å². The fraction of sp³-hybridized carbons (Fsp3) is 0.194. The van der Waals surface area contributed by atoms with E-state index in [9.17, 15) is 9.59 Å². The quantitative estimate of drug-likeness (QED) is 0.297. The molecule has 0 spiro atoms. The van der Waals surface area contributed by atoms with Crippen molar-refractivity contribution in [3.8, 4) is 0 Å². The third-order valence-corrected chi connectivity index (χ3v) is 7.15. The first-order chi connectivity index (χ1) is 17.7. The van der Waals surface area contributed by atoms with Gasteiger partial charge in [-0.15, -0.1) is 0 Å². The molecule has 2 aliphatic heterocycles. The number of carbonyl (C=O) groups is 2. The Morgan fingerprint density at radius 3 is 2.22 bits per heavy atom. The van der Waals surface area contributed by atoms with Crippen LogP contribution in [0, 0.1) is 0 Å². The average Bonchev–Trinajstić information content (AvgIpc) is 3.38. The van der Waals surface area contributed by atoms with E-state index in [-0.39, 0.29) is 17.9 Å². The lowest BCUT2D eigenvalue weighted by atomic mass is 9.92. The normalized spacial score (nSPS) is 17.1. The fourth-order valence-electron chi connectivity index (χ4n) is 5.32. The molecule has 4 aromatic carbocycles. The Morgan fingerprint density at radius 1 is 0.806 bits per heavy atom. The Labute approximate surface area is 210 Å². The van der Waals surface area contributed by atoms with Crippen molar-refractivity contribution in [2.45, 2.75) is 32.2 Å². The average molecular weight is 474 g/mol. The highest BCUT2D eigenvalue weighted by molar-refractivity contribution is 6.27. The summed E-state index contributed by atoms with van der Waals surface area (Å²) in [7, 11) is 0. The van der Waals surface area contributed by atoms with Crippen molar-refractivity contribution in [2.24, 2.45) is 5.10 Å². The Morgan fingerprint density at radius 2 is 1.50 bits per heavy atom. The summed E-state index contributed by atoms with van der Waals surface area (Å²) >= 11 is 0. The maximum absolute atomic E-state index is 13.3. The molecule has 36 heavy (non-hydrogen) atoms. The first-order valence-electron chi connectivity index (χ1n) is 12.6. The molecule has 0 aromatic heterocycles. The number of benzene rings is 4. The van der Waals surface area contributed by atoms with E-state index in [1.807, 2.05) is 66.7 Å². The van der Waals surface area contributed by atoms with Crippen LogP contribution in [0.2, 0.25) is 0 Å². The van der Waals surface area contributed by atoms with E-state index < -0.39 is 0 Å². The molecule has 0 bridgehead atoms. The van der Waals surface area contributed by atoms with Crippen LogP contribution in [-0.2, 0) is 0 Å². The summed E-state index contributed by atoms with van der Waals surface area (Å²) in [5.74, 6) is -0.420. The van der Waals surface area contributed by atoms with Gasteiger partial charge >= 0.3 is 0 Å². The van der Waals surface area contributed by atoms with Gasteiger partial charge in [0.05, 0.1) is 17.4 Å². The molecule has 2 heterocycles. The molecule has 2 amide bonds. The molecule has 1 atom stereocenters. The minimum absolute atomic E-state index is 0.00880. The van der Waals surface area contributed by atoms with Gasteiger partial charge in [-0.25, -0.2) is 0 Å². The van der Waals surface area contributed by atoms with Crippen LogP contribution < -0.4 is 5.01 Å². The first-order valence-corrected chi connectivity index (χ1v) is 12.6. The lowest BCUT2D eigenvalue weighted by molar-refractivity contribution is 0.0608. The largest absolute Gasteiger partial charge is 0.274 e. The Bertz CT molecular complexity index is 1470. The van der Waals surface area contributed by atoms with Crippen LogP contribution in [0.15, 0.2) is 96.1 Å². The third-order valence-electron chi connectivity index (χ3n) is 7.15. The molecule has 0 radical (unpaired) electrons. The molecular weight excluding hydrogens is 446 g/mol. The number of rotatable bonds is 6. The van der Waals surface area contributed by atoms with E-state index in [0.29, 0.717) is 17.7 Å². The molecule has 5 heteroatoms.